The molecule has 0 aromatic heterocycles. The predicted molar refractivity (Wildman–Crippen MR) is 85.3 cm³/mol. The van der Waals surface area contributed by atoms with E-state index in [1.807, 2.05) is 0 Å². The second-order valence-corrected chi connectivity index (χ2v) is 8.81. The number of rotatable bonds is 3. The Balaban J connectivity index is 1.82. The van der Waals surface area contributed by atoms with E-state index in [1.165, 1.54) is 25.7 Å². The molecule has 3 fully saturated rings. The summed E-state index contributed by atoms with van der Waals surface area (Å²) in [4.78, 5) is 15.2. The lowest BCUT2D eigenvalue weighted by atomic mass is 9.98. The lowest BCUT2D eigenvalue weighted by Crippen LogP contribution is -2.50. The van der Waals surface area contributed by atoms with Gasteiger partial charge in [-0.25, -0.2) is 0 Å². The van der Waals surface area contributed by atoms with Crippen LogP contribution in [0.3, 0.4) is 0 Å². The van der Waals surface area contributed by atoms with Crippen molar-refractivity contribution >= 4 is 16.7 Å². The highest BCUT2D eigenvalue weighted by Crippen LogP contribution is 2.37. The van der Waals surface area contributed by atoms with E-state index in [2.05, 4.69) is 24.1 Å². The lowest BCUT2D eigenvalue weighted by Gasteiger charge is -2.37. The van der Waals surface area contributed by atoms with Gasteiger partial charge in [0.05, 0.1) is 11.7 Å². The summed E-state index contributed by atoms with van der Waals surface area (Å²) in [5.74, 6) is 2.40. The van der Waals surface area contributed by atoms with E-state index >= 15 is 0 Å². The van der Waals surface area contributed by atoms with Gasteiger partial charge in [-0.05, 0) is 44.9 Å². The Bertz CT molecular complexity index is 426. The van der Waals surface area contributed by atoms with Gasteiger partial charge in [0, 0.05) is 28.3 Å². The smallest absolute Gasteiger partial charge is 0.244 e. The quantitative estimate of drug-likeness (QED) is 0.867. The van der Waals surface area contributed by atoms with Crippen LogP contribution < -0.4 is 5.32 Å². The van der Waals surface area contributed by atoms with Crippen LogP contribution in [0.15, 0.2) is 0 Å². The zero-order valence-electron chi connectivity index (χ0n) is 13.3. The molecule has 120 valence electrons. The molecule has 1 saturated carbocycles. The van der Waals surface area contributed by atoms with Gasteiger partial charge in [0.1, 0.15) is 0 Å². The Morgan fingerprint density at radius 3 is 2.43 bits per heavy atom. The Kier molecular flexibility index (Phi) is 4.42. The van der Waals surface area contributed by atoms with Gasteiger partial charge in [-0.15, -0.1) is 0 Å². The van der Waals surface area contributed by atoms with Crippen molar-refractivity contribution in [2.45, 2.75) is 76.5 Å². The van der Waals surface area contributed by atoms with Crippen LogP contribution in [-0.2, 0) is 15.6 Å². The largest absolute Gasteiger partial charge is 0.322 e. The third-order valence-electron chi connectivity index (χ3n) is 5.78. The molecule has 1 amide bonds. The van der Waals surface area contributed by atoms with Crippen molar-refractivity contribution in [3.8, 4) is 0 Å². The molecule has 4 nitrogen and oxygen atoms in total. The van der Waals surface area contributed by atoms with Gasteiger partial charge in [-0.1, -0.05) is 19.8 Å². The van der Waals surface area contributed by atoms with Gasteiger partial charge in [-0.3, -0.25) is 14.3 Å². The van der Waals surface area contributed by atoms with E-state index < -0.39 is 16.3 Å². The molecule has 2 heterocycles. The van der Waals surface area contributed by atoms with Crippen molar-refractivity contribution in [3.05, 3.63) is 0 Å². The molecule has 0 spiro atoms. The van der Waals surface area contributed by atoms with Gasteiger partial charge in [0.15, 0.2) is 0 Å². The van der Waals surface area contributed by atoms with Crippen LogP contribution in [0.5, 0.6) is 0 Å². The maximum Gasteiger partial charge on any atom is 0.244 e. The number of amides is 1. The molecule has 1 N–H and O–H groups in total. The highest BCUT2D eigenvalue weighted by molar-refractivity contribution is 7.85. The van der Waals surface area contributed by atoms with Crippen molar-refractivity contribution in [2.75, 3.05) is 11.5 Å². The van der Waals surface area contributed by atoms with Crippen LogP contribution in [0.4, 0.5) is 0 Å². The highest BCUT2D eigenvalue weighted by Gasteiger charge is 2.51. The topological polar surface area (TPSA) is 49.4 Å². The third kappa shape index (κ3) is 2.79. The summed E-state index contributed by atoms with van der Waals surface area (Å²) in [6.45, 7) is 4.15. The average Bonchev–Trinajstić information content (AvgIpc) is 3.09. The summed E-state index contributed by atoms with van der Waals surface area (Å²) in [5, 5.41) is 3.67. The monoisotopic (exact) mass is 312 g/mol. The minimum absolute atomic E-state index is 0.210. The number of carbonyl (C=O) groups excluding carboxylic acids is 1. The molecule has 5 heteroatoms. The fraction of sp³-hybridized carbons (Fsp3) is 0.938. The van der Waals surface area contributed by atoms with Crippen molar-refractivity contribution in [2.24, 2.45) is 5.92 Å². The fourth-order valence-corrected chi connectivity index (χ4v) is 5.47. The predicted octanol–water partition coefficient (Wildman–Crippen LogP) is 2.01. The molecular formula is C16H28N2O2S. The molecule has 2 atom stereocenters. The van der Waals surface area contributed by atoms with E-state index in [0.717, 1.165) is 30.8 Å². The molecule has 21 heavy (non-hydrogen) atoms. The molecule has 2 saturated heterocycles. The normalized spacial score (nSPS) is 41.9. The Labute approximate surface area is 130 Å². The summed E-state index contributed by atoms with van der Waals surface area (Å²) in [6.07, 6.45) is 7.92. The molecule has 0 bridgehead atoms. The first-order valence-corrected chi connectivity index (χ1v) is 9.99. The number of nitrogens with zero attached hydrogens (tertiary/aromatic N) is 1. The van der Waals surface area contributed by atoms with Crippen molar-refractivity contribution in [1.29, 1.82) is 0 Å². The van der Waals surface area contributed by atoms with E-state index in [0.29, 0.717) is 12.0 Å². The van der Waals surface area contributed by atoms with Gasteiger partial charge in [-0.2, -0.15) is 0 Å². The Morgan fingerprint density at radius 2 is 1.86 bits per heavy atom. The van der Waals surface area contributed by atoms with Gasteiger partial charge >= 0.3 is 0 Å². The number of hydrogen-bond donors (Lipinski definition) is 1. The lowest BCUT2D eigenvalue weighted by molar-refractivity contribution is -0.136. The maximum absolute atomic E-state index is 13.0. The first-order valence-electron chi connectivity index (χ1n) is 8.50. The van der Waals surface area contributed by atoms with Crippen LogP contribution in [0.1, 0.15) is 58.8 Å². The standard InChI is InChI=1S/C16H28N2O2S/c1-3-16(2)15(19)18(13-8-10-21(20)11-9-13)14(17-16)12-6-4-5-7-12/h12-14,17H,3-11H2,1-2H3. The van der Waals surface area contributed by atoms with Crippen LogP contribution in [0, 0.1) is 5.92 Å². The van der Waals surface area contributed by atoms with E-state index in [9.17, 15) is 9.00 Å². The summed E-state index contributed by atoms with van der Waals surface area (Å²) >= 11 is 0. The molecule has 2 unspecified atom stereocenters. The molecule has 2 aliphatic heterocycles. The zero-order valence-corrected chi connectivity index (χ0v) is 14.1. The van der Waals surface area contributed by atoms with Crippen LogP contribution in [0.2, 0.25) is 0 Å². The molecular weight excluding hydrogens is 284 g/mol. The summed E-state index contributed by atoms with van der Waals surface area (Å²) in [6, 6.07) is 0.293. The third-order valence-corrected chi connectivity index (χ3v) is 7.16. The molecule has 3 rings (SSSR count). The Hall–Kier alpha value is -0.420. The summed E-state index contributed by atoms with van der Waals surface area (Å²) in [7, 11) is -0.665. The number of carbonyl (C=O) groups is 1. The summed E-state index contributed by atoms with van der Waals surface area (Å²) < 4.78 is 11.6. The number of nitrogens with one attached hydrogen (secondary N) is 1. The molecule has 0 aromatic carbocycles. The molecule has 0 aromatic rings. The average molecular weight is 312 g/mol. The van der Waals surface area contributed by atoms with E-state index in [1.54, 1.807) is 0 Å². The van der Waals surface area contributed by atoms with E-state index in [4.69, 9.17) is 0 Å². The SMILES string of the molecule is CCC1(C)NC(C2CCCC2)N(C2CCS(=O)CC2)C1=O. The Morgan fingerprint density at radius 1 is 1.24 bits per heavy atom. The first-order chi connectivity index (χ1) is 10.0. The van der Waals surface area contributed by atoms with Gasteiger partial charge in [0.2, 0.25) is 5.91 Å². The number of hydrogen-bond acceptors (Lipinski definition) is 3. The van der Waals surface area contributed by atoms with Crippen molar-refractivity contribution in [3.63, 3.8) is 0 Å². The van der Waals surface area contributed by atoms with Crippen LogP contribution in [0.25, 0.3) is 0 Å². The molecule has 0 radical (unpaired) electrons. The summed E-state index contributed by atoms with van der Waals surface area (Å²) in [5.41, 5.74) is -0.399. The zero-order chi connectivity index (χ0) is 15.0. The van der Waals surface area contributed by atoms with Gasteiger partial charge < -0.3 is 4.90 Å². The van der Waals surface area contributed by atoms with Crippen LogP contribution >= 0.6 is 0 Å². The van der Waals surface area contributed by atoms with Gasteiger partial charge in [0.25, 0.3) is 0 Å². The fourth-order valence-electron chi connectivity index (χ4n) is 4.19. The minimum Gasteiger partial charge on any atom is -0.322 e. The maximum atomic E-state index is 13.0. The van der Waals surface area contributed by atoms with Crippen LogP contribution in [-0.4, -0.2) is 44.3 Å². The highest BCUT2D eigenvalue weighted by atomic mass is 32.2. The van der Waals surface area contributed by atoms with E-state index in [-0.39, 0.29) is 12.1 Å². The second kappa shape index (κ2) is 5.99. The van der Waals surface area contributed by atoms with Crippen molar-refractivity contribution in [1.82, 2.24) is 10.2 Å². The first kappa shape index (κ1) is 15.5. The second-order valence-electron chi connectivity index (χ2n) is 7.11. The molecule has 3 aliphatic rings. The minimum atomic E-state index is -0.665. The van der Waals surface area contributed by atoms with Crippen molar-refractivity contribution < 1.29 is 9.00 Å². The molecule has 1 aliphatic carbocycles.